The third kappa shape index (κ3) is 4.90. The molecule has 1 aliphatic rings. The molecule has 0 aliphatic carbocycles. The van der Waals surface area contributed by atoms with Crippen LogP contribution in [-0.4, -0.2) is 52.0 Å². The Morgan fingerprint density at radius 1 is 1.21 bits per heavy atom. The first kappa shape index (κ1) is 22.0. The summed E-state index contributed by atoms with van der Waals surface area (Å²) in [6.07, 6.45) is 1.62. The van der Waals surface area contributed by atoms with E-state index in [2.05, 4.69) is 27.9 Å². The van der Waals surface area contributed by atoms with Crippen LogP contribution < -0.4 is 10.1 Å². The van der Waals surface area contributed by atoms with Crippen molar-refractivity contribution in [3.63, 3.8) is 0 Å². The molecule has 1 saturated heterocycles. The van der Waals surface area contributed by atoms with Gasteiger partial charge < -0.3 is 14.8 Å². The minimum absolute atomic E-state index is 0.137. The van der Waals surface area contributed by atoms with Crippen molar-refractivity contribution in [2.45, 2.75) is 23.8 Å². The first-order chi connectivity index (χ1) is 13.9. The van der Waals surface area contributed by atoms with Crippen molar-refractivity contribution in [2.75, 3.05) is 32.7 Å². The van der Waals surface area contributed by atoms with E-state index in [1.165, 1.54) is 16.4 Å². The molecule has 9 heteroatoms. The molecule has 1 fully saturated rings. The highest BCUT2D eigenvalue weighted by Gasteiger charge is 2.35. The van der Waals surface area contributed by atoms with Gasteiger partial charge in [0.15, 0.2) is 0 Å². The molecule has 1 atom stereocenters. The number of carbonyl (C=O) groups is 1. The summed E-state index contributed by atoms with van der Waals surface area (Å²) in [6, 6.07) is 11.2. The van der Waals surface area contributed by atoms with Crippen molar-refractivity contribution < 1.29 is 22.7 Å². The van der Waals surface area contributed by atoms with Crippen LogP contribution in [0.2, 0.25) is 0 Å². The van der Waals surface area contributed by atoms with Crippen molar-refractivity contribution in [2.24, 2.45) is 0 Å². The summed E-state index contributed by atoms with van der Waals surface area (Å²) >= 11 is 2.10. The largest absolute Gasteiger partial charge is 0.496 e. The fourth-order valence-corrected chi connectivity index (χ4v) is 5.76. The molecule has 156 valence electrons. The normalized spacial score (nSPS) is 17.3. The Morgan fingerprint density at radius 3 is 2.55 bits per heavy atom. The highest BCUT2D eigenvalue weighted by Crippen LogP contribution is 2.27. The number of benzene rings is 2. The van der Waals surface area contributed by atoms with Gasteiger partial charge in [-0.2, -0.15) is 4.31 Å². The van der Waals surface area contributed by atoms with E-state index in [9.17, 15) is 13.2 Å². The quantitative estimate of drug-likeness (QED) is 0.556. The molecule has 1 unspecified atom stereocenters. The van der Waals surface area contributed by atoms with E-state index in [-0.39, 0.29) is 16.8 Å². The summed E-state index contributed by atoms with van der Waals surface area (Å²) in [6.45, 7) is 0.874. The van der Waals surface area contributed by atoms with Crippen molar-refractivity contribution in [3.05, 3.63) is 51.6 Å². The Labute approximate surface area is 184 Å². The van der Waals surface area contributed by atoms with Crippen LogP contribution in [0.15, 0.2) is 47.4 Å². The number of sulfonamides is 1. The number of amides is 1. The van der Waals surface area contributed by atoms with Crippen LogP contribution in [0.4, 0.5) is 5.69 Å². The zero-order valence-electron chi connectivity index (χ0n) is 16.2. The van der Waals surface area contributed by atoms with Crippen LogP contribution in [-0.2, 0) is 14.8 Å². The lowest BCUT2D eigenvalue weighted by molar-refractivity contribution is 0.102. The molecule has 0 aromatic heterocycles. The number of carbonyl (C=O) groups excluding carboxylic acids is 1. The SMILES string of the molecule is COCC1CCCN1S(=O)(=O)c1ccc(NC(=O)c2ccc(OC)c(I)c2)cc1. The maximum absolute atomic E-state index is 12.9. The Hall–Kier alpha value is -1.69. The smallest absolute Gasteiger partial charge is 0.255 e. The molecule has 1 aliphatic heterocycles. The second-order valence-electron chi connectivity index (χ2n) is 6.69. The highest BCUT2D eigenvalue weighted by atomic mass is 127. The van der Waals surface area contributed by atoms with Gasteiger partial charge in [-0.1, -0.05) is 0 Å². The monoisotopic (exact) mass is 530 g/mol. The van der Waals surface area contributed by atoms with Crippen LogP contribution in [0.5, 0.6) is 5.75 Å². The van der Waals surface area contributed by atoms with E-state index in [4.69, 9.17) is 9.47 Å². The lowest BCUT2D eigenvalue weighted by Crippen LogP contribution is -2.38. The lowest BCUT2D eigenvalue weighted by atomic mass is 10.2. The minimum atomic E-state index is -3.60. The molecule has 0 bridgehead atoms. The van der Waals surface area contributed by atoms with Gasteiger partial charge in [-0.3, -0.25) is 4.79 Å². The topological polar surface area (TPSA) is 84.9 Å². The Kier molecular flexibility index (Phi) is 7.14. The van der Waals surface area contributed by atoms with Crippen LogP contribution in [0.3, 0.4) is 0 Å². The van der Waals surface area contributed by atoms with Crippen molar-refractivity contribution in [1.82, 2.24) is 4.31 Å². The molecule has 0 spiro atoms. The highest BCUT2D eigenvalue weighted by molar-refractivity contribution is 14.1. The summed E-state index contributed by atoms with van der Waals surface area (Å²) < 4.78 is 38.6. The number of nitrogens with one attached hydrogen (secondary N) is 1. The number of methoxy groups -OCH3 is 2. The summed E-state index contributed by atoms with van der Waals surface area (Å²) in [5, 5.41) is 2.79. The number of hydrogen-bond donors (Lipinski definition) is 1. The van der Waals surface area contributed by atoms with Crippen molar-refractivity contribution >= 4 is 44.2 Å². The van der Waals surface area contributed by atoms with Crippen molar-refractivity contribution in [3.8, 4) is 5.75 Å². The number of anilines is 1. The molecule has 1 heterocycles. The zero-order valence-corrected chi connectivity index (χ0v) is 19.2. The van der Waals surface area contributed by atoms with E-state index in [0.29, 0.717) is 30.2 Å². The third-order valence-electron chi connectivity index (χ3n) is 4.81. The fourth-order valence-electron chi connectivity index (χ4n) is 3.34. The molecule has 29 heavy (non-hydrogen) atoms. The molecule has 7 nitrogen and oxygen atoms in total. The summed E-state index contributed by atoms with van der Waals surface area (Å²) in [5.74, 6) is 0.422. The van der Waals surface area contributed by atoms with Crippen LogP contribution in [0, 0.1) is 3.57 Å². The van der Waals surface area contributed by atoms with Crippen LogP contribution in [0.25, 0.3) is 0 Å². The molecule has 2 aromatic carbocycles. The predicted molar refractivity (Wildman–Crippen MR) is 119 cm³/mol. The minimum Gasteiger partial charge on any atom is -0.496 e. The van der Waals surface area contributed by atoms with E-state index < -0.39 is 10.0 Å². The Morgan fingerprint density at radius 2 is 1.93 bits per heavy atom. The molecule has 0 saturated carbocycles. The molecule has 1 amide bonds. The van der Waals surface area contributed by atoms with Gasteiger partial charge >= 0.3 is 0 Å². The maximum Gasteiger partial charge on any atom is 0.255 e. The molecular weight excluding hydrogens is 507 g/mol. The average molecular weight is 530 g/mol. The number of halogens is 1. The second kappa shape index (κ2) is 9.41. The summed E-state index contributed by atoms with van der Waals surface area (Å²) in [5.41, 5.74) is 1.01. The number of ether oxygens (including phenoxy) is 2. The Bertz CT molecular complexity index is 979. The van der Waals surface area contributed by atoms with Gasteiger partial charge in [-0.05, 0) is 77.9 Å². The Balaban J connectivity index is 1.73. The fraction of sp³-hybridized carbons (Fsp3) is 0.350. The molecule has 3 rings (SSSR count). The van der Waals surface area contributed by atoms with Crippen LogP contribution in [0.1, 0.15) is 23.2 Å². The summed E-state index contributed by atoms with van der Waals surface area (Å²) in [4.78, 5) is 12.7. The van der Waals surface area contributed by atoms with Gasteiger partial charge in [0.2, 0.25) is 10.0 Å². The number of rotatable bonds is 7. The standard InChI is InChI=1S/C20H23IN2O5S/c1-27-13-16-4-3-11-23(16)29(25,26)17-8-6-15(7-9-17)22-20(24)14-5-10-19(28-2)18(21)12-14/h5-10,12,16H,3-4,11,13H2,1-2H3,(H,22,24). The molecular formula is C20H23IN2O5S. The summed E-state index contributed by atoms with van der Waals surface area (Å²) in [7, 11) is -0.445. The van der Waals surface area contributed by atoms with Gasteiger partial charge in [-0.25, -0.2) is 8.42 Å². The average Bonchev–Trinajstić information content (AvgIpc) is 3.18. The number of hydrogen-bond acceptors (Lipinski definition) is 5. The maximum atomic E-state index is 12.9. The number of nitrogens with zero attached hydrogens (tertiary/aromatic N) is 1. The molecule has 1 N–H and O–H groups in total. The van der Waals surface area contributed by atoms with Crippen molar-refractivity contribution in [1.29, 1.82) is 0 Å². The van der Waals surface area contributed by atoms with Crippen LogP contribution >= 0.6 is 22.6 Å². The molecule has 0 radical (unpaired) electrons. The van der Waals surface area contributed by atoms with Gasteiger partial charge in [0, 0.05) is 30.9 Å². The third-order valence-corrected chi connectivity index (χ3v) is 7.62. The van der Waals surface area contributed by atoms with E-state index >= 15 is 0 Å². The molecule has 2 aromatic rings. The van der Waals surface area contributed by atoms with E-state index in [0.717, 1.165) is 16.4 Å². The van der Waals surface area contributed by atoms with Gasteiger partial charge in [0.1, 0.15) is 5.75 Å². The zero-order chi connectivity index (χ0) is 21.0. The van der Waals surface area contributed by atoms with Gasteiger partial charge in [-0.15, -0.1) is 0 Å². The van der Waals surface area contributed by atoms with Gasteiger partial charge in [0.25, 0.3) is 5.91 Å². The van der Waals surface area contributed by atoms with Gasteiger partial charge in [0.05, 0.1) is 22.2 Å². The second-order valence-corrected chi connectivity index (χ2v) is 9.75. The predicted octanol–water partition coefficient (Wildman–Crippen LogP) is 3.35. The lowest BCUT2D eigenvalue weighted by Gasteiger charge is -2.23. The van der Waals surface area contributed by atoms with E-state index in [1.54, 1.807) is 44.6 Å². The first-order valence-electron chi connectivity index (χ1n) is 9.12. The first-order valence-corrected chi connectivity index (χ1v) is 11.6. The van der Waals surface area contributed by atoms with E-state index in [1.807, 2.05) is 0 Å².